The van der Waals surface area contributed by atoms with Crippen molar-refractivity contribution in [2.45, 2.75) is 57.8 Å². The Morgan fingerprint density at radius 3 is 2.29 bits per heavy atom. The van der Waals surface area contributed by atoms with Crippen molar-refractivity contribution in [2.24, 2.45) is 0 Å². The number of methoxy groups -OCH3 is 1. The molecule has 0 spiro atoms. The van der Waals surface area contributed by atoms with Gasteiger partial charge < -0.3 is 14.2 Å². The second-order valence-corrected chi connectivity index (χ2v) is 9.66. The Morgan fingerprint density at radius 2 is 1.65 bits per heavy atom. The van der Waals surface area contributed by atoms with E-state index in [1.165, 1.54) is 0 Å². The van der Waals surface area contributed by atoms with Gasteiger partial charge in [0.15, 0.2) is 0 Å². The first-order valence-electron chi connectivity index (χ1n) is 10.5. The van der Waals surface area contributed by atoms with Gasteiger partial charge in [-0.05, 0) is 52.0 Å². The quantitative estimate of drug-likeness (QED) is 0.466. The molecule has 2 aromatic carbocycles. The predicted octanol–water partition coefficient (Wildman–Crippen LogP) is 6.32. The summed E-state index contributed by atoms with van der Waals surface area (Å²) in [6.07, 6.45) is 1.61. The number of rotatable bonds is 5. The monoisotopic (exact) mass is 440 g/mol. The number of hydrogen-bond acceptors (Lipinski definition) is 4. The average Bonchev–Trinajstić information content (AvgIpc) is 3.09. The van der Waals surface area contributed by atoms with Crippen molar-refractivity contribution in [1.29, 1.82) is 0 Å². The molecule has 0 aliphatic carbocycles. The van der Waals surface area contributed by atoms with Crippen LogP contribution < -0.4 is 9.47 Å². The van der Waals surface area contributed by atoms with Crippen LogP contribution in [0.15, 0.2) is 54.6 Å². The molecular weight excluding hydrogens is 412 g/mol. The lowest BCUT2D eigenvalue weighted by Gasteiger charge is -2.44. The zero-order chi connectivity index (χ0) is 22.2. The van der Waals surface area contributed by atoms with Crippen LogP contribution in [-0.4, -0.2) is 34.2 Å². The maximum Gasteiger partial charge on any atom is 0.234 e. The minimum atomic E-state index is -0.253. The Hall–Kier alpha value is -2.50. The number of para-hydroxylation sites is 2. The van der Waals surface area contributed by atoms with Crippen LogP contribution in [0.2, 0.25) is 5.02 Å². The van der Waals surface area contributed by atoms with Gasteiger partial charge in [-0.3, -0.25) is 0 Å². The molecule has 2 heterocycles. The van der Waals surface area contributed by atoms with Gasteiger partial charge in [0, 0.05) is 29.5 Å². The number of benzene rings is 2. The Morgan fingerprint density at radius 1 is 1.00 bits per heavy atom. The van der Waals surface area contributed by atoms with Crippen molar-refractivity contribution in [2.75, 3.05) is 7.11 Å². The summed E-state index contributed by atoms with van der Waals surface area (Å²) in [7, 11) is 1.66. The van der Waals surface area contributed by atoms with Crippen molar-refractivity contribution in [1.82, 2.24) is 9.78 Å². The summed E-state index contributed by atoms with van der Waals surface area (Å²) in [5.41, 5.74) is 2.23. The molecule has 164 valence electrons. The van der Waals surface area contributed by atoms with Crippen molar-refractivity contribution >= 4 is 11.6 Å². The Labute approximate surface area is 188 Å². The van der Waals surface area contributed by atoms with Crippen LogP contribution in [0.5, 0.6) is 11.6 Å². The van der Waals surface area contributed by atoms with Gasteiger partial charge in [0.2, 0.25) is 5.88 Å². The second kappa shape index (κ2) is 8.21. The molecule has 0 saturated carbocycles. The summed E-state index contributed by atoms with van der Waals surface area (Å²) in [4.78, 5) is 0. The van der Waals surface area contributed by atoms with Crippen molar-refractivity contribution in [3.8, 4) is 28.6 Å². The highest BCUT2D eigenvalue weighted by atomic mass is 35.5. The predicted molar refractivity (Wildman–Crippen MR) is 123 cm³/mol. The van der Waals surface area contributed by atoms with E-state index in [0.717, 1.165) is 35.5 Å². The molecule has 6 heteroatoms. The largest absolute Gasteiger partial charge is 0.494 e. The van der Waals surface area contributed by atoms with Crippen molar-refractivity contribution in [3.05, 3.63) is 59.6 Å². The number of halogens is 1. The molecular formula is C25H29ClN2O3. The van der Waals surface area contributed by atoms with Gasteiger partial charge in [0.05, 0.1) is 24.0 Å². The van der Waals surface area contributed by atoms with E-state index in [2.05, 4.69) is 27.7 Å². The molecule has 0 amide bonds. The smallest absolute Gasteiger partial charge is 0.234 e. The second-order valence-electron chi connectivity index (χ2n) is 9.23. The number of hydrogen-bond donors (Lipinski definition) is 0. The standard InChI is InChI=1S/C25H29ClN2O3/c1-24(2)15-19(16-25(3,4)31-24)30-23-14-21(17-10-12-18(26)13-11-17)28(27-23)20-8-6-7-9-22(20)29-5/h6-14,19H,15-16H2,1-5H3. The van der Waals surface area contributed by atoms with E-state index in [4.69, 9.17) is 30.9 Å². The third kappa shape index (κ3) is 4.89. The summed E-state index contributed by atoms with van der Waals surface area (Å²) in [6, 6.07) is 17.5. The van der Waals surface area contributed by atoms with Crippen LogP contribution in [0, 0.1) is 0 Å². The molecule has 1 aliphatic rings. The third-order valence-corrected chi connectivity index (χ3v) is 5.67. The lowest BCUT2D eigenvalue weighted by molar-refractivity contribution is -0.182. The zero-order valence-electron chi connectivity index (χ0n) is 18.7. The molecule has 1 aromatic heterocycles. The highest BCUT2D eigenvalue weighted by molar-refractivity contribution is 6.30. The van der Waals surface area contributed by atoms with Gasteiger partial charge in [-0.15, -0.1) is 5.10 Å². The van der Waals surface area contributed by atoms with E-state index in [1.807, 2.05) is 59.3 Å². The molecule has 1 saturated heterocycles. The van der Waals surface area contributed by atoms with Crippen LogP contribution in [0.25, 0.3) is 16.9 Å². The number of ether oxygens (including phenoxy) is 3. The summed E-state index contributed by atoms with van der Waals surface area (Å²) < 4.78 is 20.1. The fourth-order valence-electron chi connectivity index (χ4n) is 4.49. The van der Waals surface area contributed by atoms with Gasteiger partial charge in [-0.1, -0.05) is 35.9 Å². The molecule has 0 N–H and O–H groups in total. The molecule has 0 atom stereocenters. The van der Waals surface area contributed by atoms with Gasteiger partial charge >= 0.3 is 0 Å². The van der Waals surface area contributed by atoms with Crippen molar-refractivity contribution in [3.63, 3.8) is 0 Å². The SMILES string of the molecule is COc1ccccc1-n1nc(OC2CC(C)(C)OC(C)(C)C2)cc1-c1ccc(Cl)cc1. The highest BCUT2D eigenvalue weighted by Gasteiger charge is 2.40. The van der Waals surface area contributed by atoms with E-state index in [9.17, 15) is 0 Å². The average molecular weight is 441 g/mol. The van der Waals surface area contributed by atoms with Crippen LogP contribution in [-0.2, 0) is 4.74 Å². The molecule has 0 radical (unpaired) electrons. The fourth-order valence-corrected chi connectivity index (χ4v) is 4.61. The van der Waals surface area contributed by atoms with E-state index in [-0.39, 0.29) is 17.3 Å². The number of aromatic nitrogens is 2. The van der Waals surface area contributed by atoms with Crippen LogP contribution >= 0.6 is 11.6 Å². The van der Waals surface area contributed by atoms with Crippen LogP contribution in [0.3, 0.4) is 0 Å². The van der Waals surface area contributed by atoms with E-state index < -0.39 is 0 Å². The van der Waals surface area contributed by atoms with Crippen molar-refractivity contribution < 1.29 is 14.2 Å². The fraction of sp³-hybridized carbons (Fsp3) is 0.400. The molecule has 3 aromatic rings. The summed E-state index contributed by atoms with van der Waals surface area (Å²) in [5, 5.41) is 5.51. The molecule has 4 rings (SSSR count). The number of nitrogens with zero attached hydrogens (tertiary/aromatic N) is 2. The first-order valence-corrected chi connectivity index (χ1v) is 10.9. The van der Waals surface area contributed by atoms with Crippen LogP contribution in [0.1, 0.15) is 40.5 Å². The minimum absolute atomic E-state index is 0.0119. The highest BCUT2D eigenvalue weighted by Crippen LogP contribution is 2.38. The first-order chi connectivity index (χ1) is 14.7. The molecule has 1 aliphatic heterocycles. The van der Waals surface area contributed by atoms with Gasteiger partial charge in [-0.25, -0.2) is 4.68 Å². The minimum Gasteiger partial charge on any atom is -0.494 e. The lowest BCUT2D eigenvalue weighted by atomic mass is 9.87. The van der Waals surface area contributed by atoms with E-state index >= 15 is 0 Å². The molecule has 0 unspecified atom stereocenters. The Balaban J connectivity index is 1.74. The summed E-state index contributed by atoms with van der Waals surface area (Å²) in [6.45, 7) is 8.43. The summed E-state index contributed by atoms with van der Waals surface area (Å²) in [5.74, 6) is 1.31. The van der Waals surface area contributed by atoms with E-state index in [1.54, 1.807) is 7.11 Å². The normalized spacial score (nSPS) is 18.0. The maximum atomic E-state index is 6.41. The third-order valence-electron chi connectivity index (χ3n) is 5.42. The molecule has 1 fully saturated rings. The molecule has 0 bridgehead atoms. The van der Waals surface area contributed by atoms with Gasteiger partial charge in [-0.2, -0.15) is 0 Å². The first kappa shape index (κ1) is 21.7. The van der Waals surface area contributed by atoms with E-state index in [0.29, 0.717) is 10.9 Å². The maximum absolute atomic E-state index is 6.41. The van der Waals surface area contributed by atoms with Gasteiger partial charge in [0.1, 0.15) is 17.5 Å². The summed E-state index contributed by atoms with van der Waals surface area (Å²) >= 11 is 6.11. The zero-order valence-corrected chi connectivity index (χ0v) is 19.4. The Kier molecular flexibility index (Phi) is 5.75. The molecule has 5 nitrogen and oxygen atoms in total. The van der Waals surface area contributed by atoms with Gasteiger partial charge in [0.25, 0.3) is 0 Å². The molecule has 31 heavy (non-hydrogen) atoms. The topological polar surface area (TPSA) is 45.5 Å². The van der Waals surface area contributed by atoms with Crippen LogP contribution in [0.4, 0.5) is 0 Å². The Bertz CT molecular complexity index is 1040. The lowest BCUT2D eigenvalue weighted by Crippen LogP contribution is -2.49.